The SMILES string of the molecule is C=CCc1cc(/C=C2\C(=O)NC(=O)N(Cc3ccco3)C2=O)cc(OC)c1OCc1ccccc1. The number of nitrogens with one attached hydrogen (secondary N) is 1. The summed E-state index contributed by atoms with van der Waals surface area (Å²) in [5.74, 6) is -0.0862. The average molecular weight is 472 g/mol. The van der Waals surface area contributed by atoms with Crippen LogP contribution in [0.5, 0.6) is 11.5 Å². The molecule has 178 valence electrons. The summed E-state index contributed by atoms with van der Waals surface area (Å²) in [4.78, 5) is 38.7. The molecule has 0 bridgehead atoms. The Hall–Kier alpha value is -4.59. The van der Waals surface area contributed by atoms with Crippen LogP contribution < -0.4 is 14.8 Å². The molecule has 0 unspecified atom stereocenters. The minimum absolute atomic E-state index is 0.0976. The van der Waals surface area contributed by atoms with E-state index in [1.54, 1.807) is 30.3 Å². The lowest BCUT2D eigenvalue weighted by atomic mass is 10.0. The van der Waals surface area contributed by atoms with Gasteiger partial charge in [0.05, 0.1) is 19.9 Å². The molecule has 2 aromatic carbocycles. The average Bonchev–Trinajstić information content (AvgIpc) is 3.37. The van der Waals surface area contributed by atoms with Gasteiger partial charge in [-0.3, -0.25) is 19.8 Å². The van der Waals surface area contributed by atoms with E-state index < -0.39 is 17.8 Å². The van der Waals surface area contributed by atoms with E-state index in [1.807, 2.05) is 30.3 Å². The van der Waals surface area contributed by atoms with Crippen molar-refractivity contribution in [1.29, 1.82) is 0 Å². The third-order valence-corrected chi connectivity index (χ3v) is 5.36. The Morgan fingerprint density at radius 1 is 1.09 bits per heavy atom. The second-order valence-electron chi connectivity index (χ2n) is 7.77. The van der Waals surface area contributed by atoms with E-state index in [9.17, 15) is 14.4 Å². The molecule has 0 atom stereocenters. The monoisotopic (exact) mass is 472 g/mol. The van der Waals surface area contributed by atoms with E-state index in [4.69, 9.17) is 13.9 Å². The fraction of sp³-hybridized carbons (Fsp3) is 0.148. The maximum absolute atomic E-state index is 13.0. The number of allylic oxidation sites excluding steroid dienone is 1. The van der Waals surface area contributed by atoms with E-state index in [1.165, 1.54) is 19.4 Å². The molecule has 8 nitrogen and oxygen atoms in total. The number of hydrogen-bond donors (Lipinski definition) is 1. The van der Waals surface area contributed by atoms with Gasteiger partial charge < -0.3 is 13.9 Å². The molecule has 1 fully saturated rings. The molecule has 1 saturated heterocycles. The van der Waals surface area contributed by atoms with Crippen LogP contribution in [0.15, 0.2) is 83.5 Å². The predicted octanol–water partition coefficient (Wildman–Crippen LogP) is 4.26. The number of amides is 4. The number of benzene rings is 2. The highest BCUT2D eigenvalue weighted by Crippen LogP contribution is 2.35. The van der Waals surface area contributed by atoms with Gasteiger partial charge in [-0.25, -0.2) is 4.79 Å². The Morgan fingerprint density at radius 3 is 2.57 bits per heavy atom. The lowest BCUT2D eigenvalue weighted by molar-refractivity contribution is -0.130. The number of ether oxygens (including phenoxy) is 2. The van der Waals surface area contributed by atoms with Crippen molar-refractivity contribution in [2.45, 2.75) is 19.6 Å². The van der Waals surface area contributed by atoms with Gasteiger partial charge in [0.2, 0.25) is 0 Å². The quantitative estimate of drug-likeness (QED) is 0.284. The first-order valence-corrected chi connectivity index (χ1v) is 10.9. The molecule has 0 aliphatic carbocycles. The van der Waals surface area contributed by atoms with Gasteiger partial charge in [-0.1, -0.05) is 36.4 Å². The number of hydrogen-bond acceptors (Lipinski definition) is 6. The number of carbonyl (C=O) groups is 3. The fourth-order valence-electron chi connectivity index (χ4n) is 3.68. The standard InChI is InChI=1S/C27H24N2O6/c1-3-8-20-13-19(15-23(33-2)24(20)35-17-18-9-5-4-6-10-18)14-22-25(30)28-27(32)29(26(22)31)16-21-11-7-12-34-21/h3-7,9-15H,1,8,16-17H2,2H3,(H,28,30,32)/b22-14+. The van der Waals surface area contributed by atoms with Gasteiger partial charge in [-0.05, 0) is 47.9 Å². The van der Waals surface area contributed by atoms with Crippen LogP contribution in [0.4, 0.5) is 4.79 Å². The number of carbonyl (C=O) groups excluding carboxylic acids is 3. The first-order chi connectivity index (χ1) is 17.0. The van der Waals surface area contributed by atoms with E-state index in [2.05, 4.69) is 11.9 Å². The van der Waals surface area contributed by atoms with Crippen LogP contribution in [0.25, 0.3) is 6.08 Å². The molecule has 0 radical (unpaired) electrons. The van der Waals surface area contributed by atoms with Crippen LogP contribution in [0.1, 0.15) is 22.5 Å². The largest absolute Gasteiger partial charge is 0.493 e. The number of rotatable bonds is 9. The molecule has 2 heterocycles. The number of furan rings is 1. The normalized spacial score (nSPS) is 14.7. The summed E-state index contributed by atoms with van der Waals surface area (Å²) in [5, 5.41) is 2.21. The van der Waals surface area contributed by atoms with Crippen LogP contribution in [0, 0.1) is 0 Å². The van der Waals surface area contributed by atoms with Crippen molar-refractivity contribution in [3.8, 4) is 11.5 Å². The zero-order valence-corrected chi connectivity index (χ0v) is 19.2. The second kappa shape index (κ2) is 10.6. The maximum atomic E-state index is 13.0. The lowest BCUT2D eigenvalue weighted by Gasteiger charge is -2.25. The van der Waals surface area contributed by atoms with E-state index in [0.29, 0.717) is 35.9 Å². The van der Waals surface area contributed by atoms with Crippen molar-refractivity contribution in [1.82, 2.24) is 10.2 Å². The number of barbiturate groups is 1. The zero-order valence-electron chi connectivity index (χ0n) is 19.2. The van der Waals surface area contributed by atoms with E-state index in [-0.39, 0.29) is 12.1 Å². The van der Waals surface area contributed by atoms with Crippen molar-refractivity contribution in [2.24, 2.45) is 0 Å². The van der Waals surface area contributed by atoms with Crippen molar-refractivity contribution in [2.75, 3.05) is 7.11 Å². The summed E-state index contributed by atoms with van der Waals surface area (Å²) < 4.78 is 16.9. The van der Waals surface area contributed by atoms with Gasteiger partial charge in [-0.15, -0.1) is 6.58 Å². The molecule has 4 amide bonds. The second-order valence-corrected chi connectivity index (χ2v) is 7.77. The molecular formula is C27H24N2O6. The highest BCUT2D eigenvalue weighted by molar-refractivity contribution is 6.30. The van der Waals surface area contributed by atoms with Gasteiger partial charge in [0.25, 0.3) is 11.8 Å². The van der Waals surface area contributed by atoms with Crippen molar-refractivity contribution in [3.63, 3.8) is 0 Å². The number of imide groups is 2. The summed E-state index contributed by atoms with van der Waals surface area (Å²) >= 11 is 0. The Bertz CT molecular complexity index is 1280. The van der Waals surface area contributed by atoms with E-state index >= 15 is 0 Å². The summed E-state index contributed by atoms with van der Waals surface area (Å²) in [5.41, 5.74) is 2.13. The van der Waals surface area contributed by atoms with Gasteiger partial charge in [0.1, 0.15) is 17.9 Å². The molecule has 4 rings (SSSR count). The van der Waals surface area contributed by atoms with Crippen molar-refractivity contribution >= 4 is 23.9 Å². The molecule has 1 aliphatic heterocycles. The molecule has 3 aromatic rings. The highest BCUT2D eigenvalue weighted by atomic mass is 16.5. The third-order valence-electron chi connectivity index (χ3n) is 5.36. The summed E-state index contributed by atoms with van der Waals surface area (Å²) in [7, 11) is 1.52. The summed E-state index contributed by atoms with van der Waals surface area (Å²) in [6, 6.07) is 15.7. The molecule has 35 heavy (non-hydrogen) atoms. The van der Waals surface area contributed by atoms with Crippen LogP contribution in [0.2, 0.25) is 0 Å². The minimum atomic E-state index is -0.803. The maximum Gasteiger partial charge on any atom is 0.331 e. The fourth-order valence-corrected chi connectivity index (χ4v) is 3.68. The lowest BCUT2D eigenvalue weighted by Crippen LogP contribution is -2.53. The predicted molar refractivity (Wildman–Crippen MR) is 128 cm³/mol. The summed E-state index contributed by atoms with van der Waals surface area (Å²) in [6.07, 6.45) is 5.07. The molecule has 8 heteroatoms. The minimum Gasteiger partial charge on any atom is -0.493 e. The zero-order chi connectivity index (χ0) is 24.8. The molecular weight excluding hydrogens is 448 g/mol. The molecule has 0 saturated carbocycles. The Balaban J connectivity index is 1.66. The molecule has 1 N–H and O–H groups in total. The molecule has 0 spiro atoms. The number of nitrogens with zero attached hydrogens (tertiary/aromatic N) is 1. The van der Waals surface area contributed by atoms with Crippen molar-refractivity contribution in [3.05, 3.63) is 102 Å². The Kier molecular flexibility index (Phi) is 7.11. The van der Waals surface area contributed by atoms with Crippen LogP contribution in [-0.4, -0.2) is 29.9 Å². The topological polar surface area (TPSA) is 98.1 Å². The smallest absolute Gasteiger partial charge is 0.331 e. The Morgan fingerprint density at radius 2 is 1.89 bits per heavy atom. The van der Waals surface area contributed by atoms with Crippen LogP contribution in [-0.2, 0) is 29.2 Å². The number of methoxy groups -OCH3 is 1. The van der Waals surface area contributed by atoms with Crippen molar-refractivity contribution < 1.29 is 28.3 Å². The van der Waals surface area contributed by atoms with E-state index in [0.717, 1.165) is 16.0 Å². The first kappa shape index (κ1) is 23.6. The number of urea groups is 1. The van der Waals surface area contributed by atoms with Crippen LogP contribution in [0.3, 0.4) is 0 Å². The summed E-state index contributed by atoms with van der Waals surface area (Å²) in [6.45, 7) is 4.05. The van der Waals surface area contributed by atoms with Gasteiger partial charge >= 0.3 is 6.03 Å². The van der Waals surface area contributed by atoms with Gasteiger partial charge in [-0.2, -0.15) is 0 Å². The van der Waals surface area contributed by atoms with Gasteiger partial charge in [0, 0.05) is 5.56 Å². The first-order valence-electron chi connectivity index (χ1n) is 10.9. The van der Waals surface area contributed by atoms with Crippen LogP contribution >= 0.6 is 0 Å². The van der Waals surface area contributed by atoms with Gasteiger partial charge in [0.15, 0.2) is 11.5 Å². The highest BCUT2D eigenvalue weighted by Gasteiger charge is 2.36. The third kappa shape index (κ3) is 5.33. The molecule has 1 aromatic heterocycles. The Labute approximate surface area is 202 Å². The molecule has 1 aliphatic rings.